The molecule has 1 aliphatic heterocycles. The van der Waals surface area contributed by atoms with Gasteiger partial charge < -0.3 is 14.7 Å². The van der Waals surface area contributed by atoms with Gasteiger partial charge in [-0.25, -0.2) is 0 Å². The molecule has 3 aromatic rings. The van der Waals surface area contributed by atoms with E-state index < -0.39 is 0 Å². The summed E-state index contributed by atoms with van der Waals surface area (Å²) in [6.07, 6.45) is 1.70. The topological polar surface area (TPSA) is 112 Å². The molecule has 1 fully saturated rings. The average Bonchev–Trinajstić information content (AvgIpc) is 3.29. The van der Waals surface area contributed by atoms with Crippen molar-refractivity contribution in [1.82, 2.24) is 15.0 Å². The number of benzene rings is 2. The van der Waals surface area contributed by atoms with Crippen molar-refractivity contribution in [2.24, 2.45) is 0 Å². The lowest BCUT2D eigenvalue weighted by Crippen LogP contribution is -2.39. The molecule has 1 unspecified atom stereocenters. The molecule has 0 bridgehead atoms. The van der Waals surface area contributed by atoms with Gasteiger partial charge in [-0.15, -0.1) is 0 Å². The molecule has 2 amide bonds. The quantitative estimate of drug-likeness (QED) is 0.697. The molecule has 1 atom stereocenters. The molecule has 156 valence electrons. The molecule has 4 rings (SSSR count). The van der Waals surface area contributed by atoms with E-state index in [1.54, 1.807) is 41.3 Å². The zero-order valence-corrected chi connectivity index (χ0v) is 17.0. The van der Waals surface area contributed by atoms with Crippen LogP contribution in [0.25, 0.3) is 11.4 Å². The van der Waals surface area contributed by atoms with Gasteiger partial charge >= 0.3 is 0 Å². The van der Waals surface area contributed by atoms with Crippen LogP contribution in [0.4, 0.5) is 5.69 Å². The minimum Gasteiger partial charge on any atom is -0.339 e. The smallest absolute Gasteiger partial charge is 0.253 e. The Morgan fingerprint density at radius 1 is 1.16 bits per heavy atom. The molecule has 8 heteroatoms. The van der Waals surface area contributed by atoms with E-state index in [9.17, 15) is 9.59 Å². The van der Waals surface area contributed by atoms with Crippen LogP contribution in [0.5, 0.6) is 0 Å². The van der Waals surface area contributed by atoms with E-state index in [2.05, 4.69) is 21.5 Å². The third-order valence-corrected chi connectivity index (χ3v) is 5.22. The fourth-order valence-electron chi connectivity index (χ4n) is 3.66. The van der Waals surface area contributed by atoms with Crippen molar-refractivity contribution in [3.05, 3.63) is 65.5 Å². The number of piperidine rings is 1. The normalized spacial score (nSPS) is 15.9. The molecule has 1 aliphatic rings. The maximum Gasteiger partial charge on any atom is 0.253 e. The molecule has 1 N–H and O–H groups in total. The number of carbonyl (C=O) groups excluding carboxylic acids is 2. The van der Waals surface area contributed by atoms with Crippen LogP contribution in [0.2, 0.25) is 0 Å². The van der Waals surface area contributed by atoms with Gasteiger partial charge in [0.15, 0.2) is 0 Å². The Kier molecular flexibility index (Phi) is 5.76. The first-order valence-corrected chi connectivity index (χ1v) is 10.0. The number of hydrogen-bond donors (Lipinski definition) is 1. The molecular weight excluding hydrogens is 394 g/mol. The van der Waals surface area contributed by atoms with Crippen LogP contribution >= 0.6 is 0 Å². The number of nitrogens with zero attached hydrogens (tertiary/aromatic N) is 4. The lowest BCUT2D eigenvalue weighted by molar-refractivity contribution is -0.114. The number of hydrogen-bond acceptors (Lipinski definition) is 6. The van der Waals surface area contributed by atoms with Crippen molar-refractivity contribution in [2.75, 3.05) is 18.4 Å². The van der Waals surface area contributed by atoms with Gasteiger partial charge in [0.05, 0.1) is 17.6 Å². The maximum atomic E-state index is 12.9. The lowest BCUT2D eigenvalue weighted by Gasteiger charge is -2.31. The molecule has 2 aromatic carbocycles. The molecule has 0 radical (unpaired) electrons. The summed E-state index contributed by atoms with van der Waals surface area (Å²) in [4.78, 5) is 30.3. The van der Waals surface area contributed by atoms with Crippen molar-refractivity contribution in [3.63, 3.8) is 0 Å². The van der Waals surface area contributed by atoms with Crippen LogP contribution < -0.4 is 5.32 Å². The number of likely N-dealkylation sites (tertiary alicyclic amines) is 1. The SMILES string of the molecule is CC(=O)Nc1ccc(-c2noc(C3CCCN(C(=O)c4ccc(C#N)cc4)C3)n2)cc1. The lowest BCUT2D eigenvalue weighted by atomic mass is 9.97. The number of anilines is 1. The van der Waals surface area contributed by atoms with E-state index in [-0.39, 0.29) is 17.7 Å². The highest BCUT2D eigenvalue weighted by atomic mass is 16.5. The highest BCUT2D eigenvalue weighted by molar-refractivity contribution is 5.94. The van der Waals surface area contributed by atoms with Crippen molar-refractivity contribution in [3.8, 4) is 17.5 Å². The zero-order chi connectivity index (χ0) is 21.8. The molecule has 0 aliphatic carbocycles. The van der Waals surface area contributed by atoms with Crippen molar-refractivity contribution in [1.29, 1.82) is 5.26 Å². The van der Waals surface area contributed by atoms with E-state index in [0.29, 0.717) is 41.6 Å². The van der Waals surface area contributed by atoms with Gasteiger partial charge in [0, 0.05) is 36.8 Å². The number of aromatic nitrogens is 2. The van der Waals surface area contributed by atoms with E-state index in [4.69, 9.17) is 9.78 Å². The Morgan fingerprint density at radius 2 is 1.90 bits per heavy atom. The highest BCUT2D eigenvalue weighted by Crippen LogP contribution is 2.28. The van der Waals surface area contributed by atoms with Crippen LogP contribution in [-0.4, -0.2) is 39.9 Å². The minimum atomic E-state index is -0.132. The maximum absolute atomic E-state index is 12.9. The summed E-state index contributed by atoms with van der Waals surface area (Å²) in [5.74, 6) is 0.753. The van der Waals surface area contributed by atoms with Gasteiger partial charge in [0.1, 0.15) is 0 Å². The van der Waals surface area contributed by atoms with E-state index >= 15 is 0 Å². The molecule has 8 nitrogen and oxygen atoms in total. The Labute approximate surface area is 179 Å². The molecule has 1 saturated heterocycles. The minimum absolute atomic E-state index is 0.0315. The number of rotatable bonds is 4. The predicted molar refractivity (Wildman–Crippen MR) is 113 cm³/mol. The van der Waals surface area contributed by atoms with E-state index in [1.807, 2.05) is 12.1 Å². The summed E-state index contributed by atoms with van der Waals surface area (Å²) < 4.78 is 5.51. The Morgan fingerprint density at radius 3 is 2.58 bits per heavy atom. The predicted octanol–water partition coefficient (Wildman–Crippen LogP) is 3.59. The summed E-state index contributed by atoms with van der Waals surface area (Å²) in [5, 5.41) is 15.7. The Bertz CT molecular complexity index is 1130. The largest absolute Gasteiger partial charge is 0.339 e. The first kappa shape index (κ1) is 20.3. The molecular formula is C23H21N5O3. The summed E-state index contributed by atoms with van der Waals surface area (Å²) in [6, 6.07) is 15.9. The first-order valence-electron chi connectivity index (χ1n) is 10.0. The average molecular weight is 415 g/mol. The second-order valence-corrected chi connectivity index (χ2v) is 7.49. The van der Waals surface area contributed by atoms with Crippen molar-refractivity contribution >= 4 is 17.5 Å². The summed E-state index contributed by atoms with van der Waals surface area (Å²) >= 11 is 0. The monoisotopic (exact) mass is 415 g/mol. The van der Waals surface area contributed by atoms with Crippen molar-refractivity contribution in [2.45, 2.75) is 25.7 Å². The Hall–Kier alpha value is -3.99. The van der Waals surface area contributed by atoms with Crippen LogP contribution in [0.3, 0.4) is 0 Å². The fourth-order valence-corrected chi connectivity index (χ4v) is 3.66. The van der Waals surface area contributed by atoms with Gasteiger partial charge in [-0.2, -0.15) is 10.2 Å². The Balaban J connectivity index is 1.45. The van der Waals surface area contributed by atoms with Gasteiger partial charge in [0.25, 0.3) is 5.91 Å². The van der Waals surface area contributed by atoms with Gasteiger partial charge in [-0.05, 0) is 61.4 Å². The zero-order valence-electron chi connectivity index (χ0n) is 17.0. The molecule has 0 saturated carbocycles. The number of nitrogens with one attached hydrogen (secondary N) is 1. The van der Waals surface area contributed by atoms with Crippen LogP contribution in [0, 0.1) is 11.3 Å². The second-order valence-electron chi connectivity index (χ2n) is 7.49. The van der Waals surface area contributed by atoms with Gasteiger partial charge in [0.2, 0.25) is 17.6 Å². The molecule has 2 heterocycles. The van der Waals surface area contributed by atoms with E-state index in [0.717, 1.165) is 18.4 Å². The van der Waals surface area contributed by atoms with Crippen LogP contribution in [-0.2, 0) is 4.79 Å². The number of carbonyl (C=O) groups is 2. The summed E-state index contributed by atoms with van der Waals surface area (Å²) in [7, 11) is 0. The third-order valence-electron chi connectivity index (χ3n) is 5.22. The molecule has 1 aromatic heterocycles. The first-order chi connectivity index (χ1) is 15.0. The number of amides is 2. The summed E-state index contributed by atoms with van der Waals surface area (Å²) in [6.45, 7) is 2.63. The highest BCUT2D eigenvalue weighted by Gasteiger charge is 2.29. The van der Waals surface area contributed by atoms with E-state index in [1.165, 1.54) is 6.92 Å². The van der Waals surface area contributed by atoms with Gasteiger partial charge in [-0.3, -0.25) is 9.59 Å². The molecule has 31 heavy (non-hydrogen) atoms. The van der Waals surface area contributed by atoms with Crippen LogP contribution in [0.1, 0.15) is 47.5 Å². The third kappa shape index (κ3) is 4.61. The van der Waals surface area contributed by atoms with Gasteiger partial charge in [-0.1, -0.05) is 5.16 Å². The number of nitriles is 1. The second kappa shape index (κ2) is 8.79. The van der Waals surface area contributed by atoms with Crippen LogP contribution in [0.15, 0.2) is 53.1 Å². The fraction of sp³-hybridized carbons (Fsp3) is 0.261. The molecule has 0 spiro atoms. The standard InChI is InChI=1S/C23H21N5O3/c1-15(29)25-20-10-8-17(9-11-20)21-26-22(31-27-21)19-3-2-12-28(14-19)23(30)18-6-4-16(13-24)5-7-18/h4-11,19H,2-3,12,14H2,1H3,(H,25,29). The summed E-state index contributed by atoms with van der Waals surface area (Å²) in [5.41, 5.74) is 2.57. The van der Waals surface area contributed by atoms with Crippen molar-refractivity contribution < 1.29 is 14.1 Å².